The molecule has 2 aromatic rings. The van der Waals surface area contributed by atoms with Crippen LogP contribution in [0.3, 0.4) is 0 Å². The van der Waals surface area contributed by atoms with E-state index in [2.05, 4.69) is 43.2 Å². The largest absolute Gasteiger partial charge is 0.462 e. The summed E-state index contributed by atoms with van der Waals surface area (Å²) in [7, 11) is 0. The minimum absolute atomic E-state index is 0.0962. The van der Waals surface area contributed by atoms with Gasteiger partial charge in [0.1, 0.15) is 4.88 Å². The molecule has 1 aromatic heterocycles. The molecule has 0 atom stereocenters. The number of hydrogen-bond donors (Lipinski definition) is 1. The van der Waals surface area contributed by atoms with Crippen LogP contribution < -0.4 is 5.32 Å². The Morgan fingerprint density at radius 2 is 1.88 bits per heavy atom. The molecule has 2 rings (SSSR count). The van der Waals surface area contributed by atoms with Crippen molar-refractivity contribution < 1.29 is 14.3 Å². The molecule has 26 heavy (non-hydrogen) atoms. The van der Waals surface area contributed by atoms with Crippen LogP contribution in [0.1, 0.15) is 54.2 Å². The first-order valence-electron chi connectivity index (χ1n) is 8.45. The number of aryl methyl sites for hydroxylation is 1. The Bertz CT molecular complexity index is 815. The van der Waals surface area contributed by atoms with Crippen LogP contribution in [-0.4, -0.2) is 23.5 Å². The van der Waals surface area contributed by atoms with Crippen molar-refractivity contribution in [3.8, 4) is 0 Å². The third kappa shape index (κ3) is 5.26. The number of benzene rings is 1. The van der Waals surface area contributed by atoms with Gasteiger partial charge in [-0.25, -0.2) is 9.78 Å². The summed E-state index contributed by atoms with van der Waals surface area (Å²) in [5, 5.41) is 3.06. The minimum Gasteiger partial charge on any atom is -0.462 e. The van der Waals surface area contributed by atoms with Gasteiger partial charge in [0.25, 0.3) is 0 Å². The Balaban J connectivity index is 2.01. The summed E-state index contributed by atoms with van der Waals surface area (Å²) in [6.45, 7) is 10.2. The quantitative estimate of drug-likeness (QED) is 0.616. The van der Waals surface area contributed by atoms with Gasteiger partial charge >= 0.3 is 5.97 Å². The summed E-state index contributed by atoms with van der Waals surface area (Å²) in [4.78, 5) is 28.5. The zero-order valence-electron chi connectivity index (χ0n) is 15.8. The number of aromatic nitrogens is 1. The summed E-state index contributed by atoms with van der Waals surface area (Å²) in [5.74, 6) is -0.716. The van der Waals surface area contributed by atoms with Crippen LogP contribution in [0.2, 0.25) is 0 Å². The van der Waals surface area contributed by atoms with Gasteiger partial charge in [-0.3, -0.25) is 10.1 Å². The summed E-state index contributed by atoms with van der Waals surface area (Å²) < 4.78 is 4.97. The van der Waals surface area contributed by atoms with Crippen molar-refractivity contribution in [2.45, 2.75) is 40.0 Å². The fraction of sp³-hybridized carbons (Fsp3) is 0.350. The van der Waals surface area contributed by atoms with Gasteiger partial charge in [-0.05, 0) is 36.5 Å². The lowest BCUT2D eigenvalue weighted by Crippen LogP contribution is -2.10. The number of carbonyl (C=O) groups is 2. The van der Waals surface area contributed by atoms with E-state index < -0.39 is 5.97 Å². The Morgan fingerprint density at radius 3 is 2.46 bits per heavy atom. The third-order valence-corrected chi connectivity index (χ3v) is 4.74. The second-order valence-corrected chi connectivity index (χ2v) is 7.85. The van der Waals surface area contributed by atoms with E-state index >= 15 is 0 Å². The molecule has 0 spiro atoms. The third-order valence-electron chi connectivity index (χ3n) is 3.69. The van der Waals surface area contributed by atoms with E-state index in [1.807, 2.05) is 12.1 Å². The van der Waals surface area contributed by atoms with Crippen LogP contribution in [0, 0.1) is 6.92 Å². The predicted octanol–water partition coefficient (Wildman–Crippen LogP) is 4.58. The Labute approximate surface area is 158 Å². The average molecular weight is 372 g/mol. The second-order valence-electron chi connectivity index (χ2n) is 6.85. The Morgan fingerprint density at radius 1 is 1.23 bits per heavy atom. The zero-order valence-corrected chi connectivity index (χ0v) is 16.6. The van der Waals surface area contributed by atoms with Crippen LogP contribution in [0.25, 0.3) is 6.08 Å². The van der Waals surface area contributed by atoms with Gasteiger partial charge in [0.15, 0.2) is 5.13 Å². The molecular formula is C20H24N2O3S. The fourth-order valence-corrected chi connectivity index (χ4v) is 3.11. The Hall–Kier alpha value is -2.47. The number of thiazole rings is 1. The molecule has 5 nitrogen and oxygen atoms in total. The maximum Gasteiger partial charge on any atom is 0.350 e. The van der Waals surface area contributed by atoms with Crippen LogP contribution in [0.15, 0.2) is 30.3 Å². The molecule has 0 radical (unpaired) electrons. The van der Waals surface area contributed by atoms with E-state index in [9.17, 15) is 9.59 Å². The highest BCUT2D eigenvalue weighted by Gasteiger charge is 2.17. The highest BCUT2D eigenvalue weighted by Crippen LogP contribution is 2.24. The summed E-state index contributed by atoms with van der Waals surface area (Å²) in [6.07, 6.45) is 3.20. The van der Waals surface area contributed by atoms with E-state index in [4.69, 9.17) is 4.74 Å². The SMILES string of the molecule is CCOC(=O)c1sc(NC(=O)C=Cc2ccc(C(C)(C)C)cc2)nc1C. The van der Waals surface area contributed by atoms with E-state index in [1.165, 1.54) is 11.6 Å². The fourth-order valence-electron chi connectivity index (χ4n) is 2.25. The molecule has 1 aromatic carbocycles. The van der Waals surface area contributed by atoms with Crippen molar-refractivity contribution in [1.82, 2.24) is 4.98 Å². The Kier molecular flexibility index (Phi) is 6.32. The van der Waals surface area contributed by atoms with Gasteiger partial charge in [-0.2, -0.15) is 0 Å². The number of amides is 1. The van der Waals surface area contributed by atoms with E-state index in [0.717, 1.165) is 16.9 Å². The van der Waals surface area contributed by atoms with Crippen LogP contribution in [0.4, 0.5) is 5.13 Å². The smallest absolute Gasteiger partial charge is 0.350 e. The number of anilines is 1. The number of carbonyl (C=O) groups excluding carboxylic acids is 2. The van der Waals surface area contributed by atoms with Gasteiger partial charge in [0, 0.05) is 6.08 Å². The normalized spacial score (nSPS) is 11.6. The van der Waals surface area contributed by atoms with Crippen LogP contribution in [-0.2, 0) is 14.9 Å². The van der Waals surface area contributed by atoms with E-state index in [-0.39, 0.29) is 11.3 Å². The number of nitrogens with zero attached hydrogens (tertiary/aromatic N) is 1. The number of rotatable bonds is 5. The van der Waals surface area contributed by atoms with Crippen molar-refractivity contribution >= 4 is 34.4 Å². The van der Waals surface area contributed by atoms with Crippen molar-refractivity contribution in [2.24, 2.45) is 0 Å². The van der Waals surface area contributed by atoms with Gasteiger partial charge in [-0.1, -0.05) is 56.4 Å². The second kappa shape index (κ2) is 8.27. The molecule has 0 saturated heterocycles. The number of esters is 1. The molecule has 0 aliphatic rings. The van der Waals surface area contributed by atoms with Crippen molar-refractivity contribution in [3.63, 3.8) is 0 Å². The molecule has 0 saturated carbocycles. The summed E-state index contributed by atoms with van der Waals surface area (Å²) in [5.41, 5.74) is 2.82. The van der Waals surface area contributed by atoms with Crippen LogP contribution >= 0.6 is 11.3 Å². The van der Waals surface area contributed by atoms with Crippen molar-refractivity contribution in [3.05, 3.63) is 52.0 Å². The predicted molar refractivity (Wildman–Crippen MR) is 106 cm³/mol. The monoisotopic (exact) mass is 372 g/mol. The van der Waals surface area contributed by atoms with Crippen molar-refractivity contribution in [1.29, 1.82) is 0 Å². The maximum absolute atomic E-state index is 12.1. The van der Waals surface area contributed by atoms with Crippen LogP contribution in [0.5, 0.6) is 0 Å². The summed E-state index contributed by atoms with van der Waals surface area (Å²) >= 11 is 1.11. The lowest BCUT2D eigenvalue weighted by Gasteiger charge is -2.18. The highest BCUT2D eigenvalue weighted by atomic mass is 32.1. The lowest BCUT2D eigenvalue weighted by molar-refractivity contribution is -0.111. The van der Waals surface area contributed by atoms with Gasteiger partial charge in [-0.15, -0.1) is 0 Å². The molecule has 0 aliphatic heterocycles. The molecule has 0 fully saturated rings. The molecule has 1 amide bonds. The van der Waals surface area contributed by atoms with Crippen molar-refractivity contribution in [2.75, 3.05) is 11.9 Å². The topological polar surface area (TPSA) is 68.3 Å². The molecule has 138 valence electrons. The molecule has 1 N–H and O–H groups in total. The zero-order chi connectivity index (χ0) is 19.3. The molecular weight excluding hydrogens is 348 g/mol. The standard InChI is InChI=1S/C20H24N2O3S/c1-6-25-18(24)17-13(2)21-19(26-17)22-16(23)12-9-14-7-10-15(11-8-14)20(3,4)5/h7-12H,6H2,1-5H3,(H,21,22,23). The first-order valence-corrected chi connectivity index (χ1v) is 9.26. The number of hydrogen-bond acceptors (Lipinski definition) is 5. The molecule has 0 bridgehead atoms. The molecule has 0 unspecified atom stereocenters. The molecule has 1 heterocycles. The maximum atomic E-state index is 12.1. The lowest BCUT2D eigenvalue weighted by atomic mass is 9.87. The minimum atomic E-state index is -0.419. The molecule has 6 heteroatoms. The van der Waals surface area contributed by atoms with Gasteiger partial charge in [0.2, 0.25) is 5.91 Å². The summed E-state index contributed by atoms with van der Waals surface area (Å²) in [6, 6.07) is 8.09. The highest BCUT2D eigenvalue weighted by molar-refractivity contribution is 7.17. The molecule has 0 aliphatic carbocycles. The van der Waals surface area contributed by atoms with Gasteiger partial charge < -0.3 is 4.74 Å². The first-order chi connectivity index (χ1) is 12.2. The number of ether oxygens (including phenoxy) is 1. The van der Waals surface area contributed by atoms with E-state index in [0.29, 0.717) is 22.3 Å². The average Bonchev–Trinajstić information content (AvgIpc) is 2.93. The number of nitrogens with one attached hydrogen (secondary N) is 1. The first kappa shape index (κ1) is 19.8. The van der Waals surface area contributed by atoms with Gasteiger partial charge in [0.05, 0.1) is 12.3 Å². The van der Waals surface area contributed by atoms with E-state index in [1.54, 1.807) is 19.9 Å².